The van der Waals surface area contributed by atoms with Gasteiger partial charge in [0.1, 0.15) is 12.2 Å². The Balaban J connectivity index is 4.27. The number of carbonyl (C=O) groups excluding carboxylic acids is 2. The molecule has 0 aliphatic rings. The molecular formula is C11H18O4. The Labute approximate surface area is 89.6 Å². The average molecular weight is 214 g/mol. The Morgan fingerprint density at radius 1 is 1.47 bits per heavy atom. The second kappa shape index (κ2) is 8.32. The second-order valence-corrected chi connectivity index (χ2v) is 3.33. The van der Waals surface area contributed by atoms with Crippen LogP contribution in [0, 0.1) is 5.92 Å². The average Bonchev–Trinajstić information content (AvgIpc) is 2.19. The van der Waals surface area contributed by atoms with E-state index in [0.717, 1.165) is 12.8 Å². The van der Waals surface area contributed by atoms with Crippen molar-refractivity contribution in [2.45, 2.75) is 32.3 Å². The van der Waals surface area contributed by atoms with Crippen molar-refractivity contribution in [3.8, 4) is 0 Å². The minimum absolute atomic E-state index is 0.0385. The molecule has 2 atom stereocenters. The Morgan fingerprint density at radius 2 is 2.13 bits per heavy atom. The fourth-order valence-electron chi connectivity index (χ4n) is 1.14. The van der Waals surface area contributed by atoms with E-state index in [2.05, 4.69) is 0 Å². The maximum atomic E-state index is 11.4. The topological polar surface area (TPSA) is 74.6 Å². The summed E-state index contributed by atoms with van der Waals surface area (Å²) in [6.45, 7) is 1.74. The van der Waals surface area contributed by atoms with Gasteiger partial charge in [-0.15, -0.1) is 0 Å². The SMILES string of the molecule is CCC/C=C/C(=O)C(C=O)C(O)CCO. The summed E-state index contributed by atoms with van der Waals surface area (Å²) in [5, 5.41) is 18.0. The summed E-state index contributed by atoms with van der Waals surface area (Å²) < 4.78 is 0. The molecule has 15 heavy (non-hydrogen) atoms. The number of aldehydes is 1. The van der Waals surface area contributed by atoms with E-state index >= 15 is 0 Å². The fourth-order valence-corrected chi connectivity index (χ4v) is 1.14. The van der Waals surface area contributed by atoms with Crippen molar-refractivity contribution in [1.29, 1.82) is 0 Å². The van der Waals surface area contributed by atoms with E-state index in [0.29, 0.717) is 6.29 Å². The summed E-state index contributed by atoms with van der Waals surface area (Å²) in [5.74, 6) is -1.45. The van der Waals surface area contributed by atoms with Gasteiger partial charge >= 0.3 is 0 Å². The van der Waals surface area contributed by atoms with Crippen LogP contribution in [-0.4, -0.2) is 35.0 Å². The van der Waals surface area contributed by atoms with Gasteiger partial charge in [-0.05, 0) is 18.9 Å². The number of hydrogen-bond acceptors (Lipinski definition) is 4. The molecule has 0 aliphatic heterocycles. The molecule has 0 amide bonds. The maximum Gasteiger partial charge on any atom is 0.168 e. The van der Waals surface area contributed by atoms with Crippen LogP contribution in [0.15, 0.2) is 12.2 Å². The standard InChI is InChI=1S/C11H18O4/c1-2-3-4-5-10(14)9(8-13)11(15)6-7-12/h4-5,8-9,11-12,15H,2-3,6-7H2,1H3/b5-4+. The first-order chi connectivity index (χ1) is 7.17. The maximum absolute atomic E-state index is 11.4. The van der Waals surface area contributed by atoms with Gasteiger partial charge in [0.15, 0.2) is 5.78 Å². The zero-order chi connectivity index (χ0) is 11.7. The number of aliphatic hydroxyl groups excluding tert-OH is 2. The lowest BCUT2D eigenvalue weighted by molar-refractivity contribution is -0.128. The minimum Gasteiger partial charge on any atom is -0.396 e. The summed E-state index contributed by atoms with van der Waals surface area (Å²) >= 11 is 0. The highest BCUT2D eigenvalue weighted by Gasteiger charge is 2.23. The van der Waals surface area contributed by atoms with Crippen molar-refractivity contribution in [1.82, 2.24) is 0 Å². The third-order valence-electron chi connectivity index (χ3n) is 2.05. The largest absolute Gasteiger partial charge is 0.396 e. The van der Waals surface area contributed by atoms with Crippen LogP contribution in [0.2, 0.25) is 0 Å². The lowest BCUT2D eigenvalue weighted by Crippen LogP contribution is -2.29. The van der Waals surface area contributed by atoms with Crippen LogP contribution in [0.5, 0.6) is 0 Å². The third-order valence-corrected chi connectivity index (χ3v) is 2.05. The summed E-state index contributed by atoms with van der Waals surface area (Å²) in [4.78, 5) is 22.0. The first kappa shape index (κ1) is 14.0. The number of ketones is 1. The van der Waals surface area contributed by atoms with E-state index in [1.54, 1.807) is 6.08 Å². The zero-order valence-electron chi connectivity index (χ0n) is 8.93. The van der Waals surface area contributed by atoms with Crippen LogP contribution >= 0.6 is 0 Å². The van der Waals surface area contributed by atoms with Crippen LogP contribution < -0.4 is 0 Å². The van der Waals surface area contributed by atoms with Crippen molar-refractivity contribution >= 4 is 12.1 Å². The predicted molar refractivity (Wildman–Crippen MR) is 56.3 cm³/mol. The molecule has 0 saturated heterocycles. The first-order valence-electron chi connectivity index (χ1n) is 5.12. The van der Waals surface area contributed by atoms with E-state index in [1.807, 2.05) is 6.92 Å². The molecule has 0 aromatic heterocycles. The first-order valence-corrected chi connectivity index (χ1v) is 5.12. The molecule has 0 aromatic rings. The van der Waals surface area contributed by atoms with Crippen LogP contribution in [-0.2, 0) is 9.59 Å². The van der Waals surface area contributed by atoms with E-state index in [9.17, 15) is 14.7 Å². The Kier molecular flexibility index (Phi) is 7.77. The van der Waals surface area contributed by atoms with Gasteiger partial charge in [-0.25, -0.2) is 0 Å². The van der Waals surface area contributed by atoms with Crippen molar-refractivity contribution in [3.05, 3.63) is 12.2 Å². The molecule has 0 rings (SSSR count). The molecule has 0 fully saturated rings. The van der Waals surface area contributed by atoms with E-state index < -0.39 is 17.8 Å². The molecule has 4 heteroatoms. The highest BCUT2D eigenvalue weighted by Crippen LogP contribution is 2.07. The van der Waals surface area contributed by atoms with Crippen LogP contribution in [0.1, 0.15) is 26.2 Å². The molecule has 0 spiro atoms. The van der Waals surface area contributed by atoms with Gasteiger partial charge in [0, 0.05) is 6.61 Å². The minimum atomic E-state index is -1.09. The van der Waals surface area contributed by atoms with Crippen molar-refractivity contribution < 1.29 is 19.8 Å². The van der Waals surface area contributed by atoms with Crippen LogP contribution in [0.3, 0.4) is 0 Å². The monoisotopic (exact) mass is 214 g/mol. The van der Waals surface area contributed by atoms with E-state index in [1.165, 1.54) is 6.08 Å². The van der Waals surface area contributed by atoms with Crippen LogP contribution in [0.25, 0.3) is 0 Å². The molecule has 2 unspecified atom stereocenters. The Morgan fingerprint density at radius 3 is 2.60 bits per heavy atom. The summed E-state index contributed by atoms with van der Waals surface area (Å²) in [5.41, 5.74) is 0. The van der Waals surface area contributed by atoms with Gasteiger partial charge < -0.3 is 15.0 Å². The number of hydrogen-bond donors (Lipinski definition) is 2. The lowest BCUT2D eigenvalue weighted by atomic mass is 9.96. The molecule has 86 valence electrons. The quantitative estimate of drug-likeness (QED) is 0.350. The third kappa shape index (κ3) is 5.44. The Bertz CT molecular complexity index is 223. The van der Waals surface area contributed by atoms with Gasteiger partial charge in [0.25, 0.3) is 0 Å². The molecule has 2 N–H and O–H groups in total. The summed E-state index contributed by atoms with van der Waals surface area (Å²) in [7, 11) is 0. The van der Waals surface area contributed by atoms with Gasteiger partial charge in [0.2, 0.25) is 0 Å². The smallest absolute Gasteiger partial charge is 0.168 e. The molecule has 0 aromatic carbocycles. The second-order valence-electron chi connectivity index (χ2n) is 3.33. The van der Waals surface area contributed by atoms with Gasteiger partial charge in [-0.1, -0.05) is 19.4 Å². The van der Waals surface area contributed by atoms with Crippen molar-refractivity contribution in [2.75, 3.05) is 6.61 Å². The molecule has 0 radical (unpaired) electrons. The number of aliphatic hydroxyl groups is 2. The fraction of sp³-hybridized carbons (Fsp3) is 0.636. The van der Waals surface area contributed by atoms with E-state index in [4.69, 9.17) is 5.11 Å². The zero-order valence-corrected chi connectivity index (χ0v) is 8.93. The van der Waals surface area contributed by atoms with E-state index in [-0.39, 0.29) is 13.0 Å². The summed E-state index contributed by atoms with van der Waals surface area (Å²) in [6.07, 6.45) is 4.08. The lowest BCUT2D eigenvalue weighted by Gasteiger charge is -2.13. The number of unbranched alkanes of at least 4 members (excludes halogenated alkanes) is 1. The molecule has 0 aliphatic carbocycles. The normalized spacial score (nSPS) is 15.1. The molecular weight excluding hydrogens is 196 g/mol. The number of rotatable bonds is 8. The molecule has 0 saturated carbocycles. The molecule has 4 nitrogen and oxygen atoms in total. The van der Waals surface area contributed by atoms with Crippen molar-refractivity contribution in [3.63, 3.8) is 0 Å². The highest BCUT2D eigenvalue weighted by atomic mass is 16.3. The van der Waals surface area contributed by atoms with Crippen molar-refractivity contribution in [2.24, 2.45) is 5.92 Å². The highest BCUT2D eigenvalue weighted by molar-refractivity contribution is 6.01. The van der Waals surface area contributed by atoms with Gasteiger partial charge in [-0.2, -0.15) is 0 Å². The predicted octanol–water partition coefficient (Wildman–Crippen LogP) is 0.470. The van der Waals surface area contributed by atoms with Crippen LogP contribution in [0.4, 0.5) is 0 Å². The molecule has 0 bridgehead atoms. The van der Waals surface area contributed by atoms with Gasteiger partial charge in [0.05, 0.1) is 6.10 Å². The Hall–Kier alpha value is -1.00. The summed E-state index contributed by atoms with van der Waals surface area (Å²) in [6, 6.07) is 0. The van der Waals surface area contributed by atoms with Gasteiger partial charge in [-0.3, -0.25) is 4.79 Å². The number of carbonyl (C=O) groups is 2. The molecule has 0 heterocycles. The number of allylic oxidation sites excluding steroid dienone is 2.